The van der Waals surface area contributed by atoms with Crippen molar-refractivity contribution in [3.8, 4) is 17.1 Å². The molecule has 0 amide bonds. The van der Waals surface area contributed by atoms with E-state index in [0.717, 1.165) is 23.1 Å². The van der Waals surface area contributed by atoms with Crippen LogP contribution in [0.1, 0.15) is 30.5 Å². The van der Waals surface area contributed by atoms with Crippen LogP contribution in [0.3, 0.4) is 0 Å². The van der Waals surface area contributed by atoms with Crippen molar-refractivity contribution in [2.45, 2.75) is 33.3 Å². The van der Waals surface area contributed by atoms with Gasteiger partial charge in [-0.05, 0) is 40.7 Å². The zero-order valence-electron chi connectivity index (χ0n) is 16.9. The molecule has 1 N–H and O–H groups in total. The Balaban J connectivity index is 1.65. The molecule has 30 heavy (non-hydrogen) atoms. The van der Waals surface area contributed by atoms with Crippen molar-refractivity contribution in [2.75, 3.05) is 0 Å². The van der Waals surface area contributed by atoms with E-state index in [-0.39, 0.29) is 29.3 Å². The fraction of sp³-hybridized carbons (Fsp3) is 0.208. The molecule has 0 saturated carbocycles. The summed E-state index contributed by atoms with van der Waals surface area (Å²) in [6.45, 7) is 4.19. The van der Waals surface area contributed by atoms with Crippen molar-refractivity contribution in [1.29, 1.82) is 0 Å². The van der Waals surface area contributed by atoms with Crippen molar-refractivity contribution in [3.63, 3.8) is 0 Å². The summed E-state index contributed by atoms with van der Waals surface area (Å²) in [5.41, 5.74) is 4.02. The highest BCUT2D eigenvalue weighted by Gasteiger charge is 2.13. The number of nitrogens with one attached hydrogen (secondary N) is 1. The van der Waals surface area contributed by atoms with Gasteiger partial charge in [-0.1, -0.05) is 62.4 Å². The fourth-order valence-electron chi connectivity index (χ4n) is 3.47. The lowest BCUT2D eigenvalue weighted by Gasteiger charge is -2.11. The lowest BCUT2D eigenvalue weighted by atomic mass is 9.99. The van der Waals surface area contributed by atoms with Gasteiger partial charge < -0.3 is 9.15 Å². The third kappa shape index (κ3) is 3.89. The molecule has 0 saturated heterocycles. The van der Waals surface area contributed by atoms with Crippen molar-refractivity contribution >= 4 is 11.1 Å². The van der Waals surface area contributed by atoms with E-state index in [9.17, 15) is 9.59 Å². The van der Waals surface area contributed by atoms with Crippen LogP contribution in [0.4, 0.5) is 0 Å². The molecule has 0 fully saturated rings. The van der Waals surface area contributed by atoms with Crippen LogP contribution in [0, 0.1) is 0 Å². The molecule has 0 radical (unpaired) electrons. The highest BCUT2D eigenvalue weighted by atomic mass is 16.5. The number of aromatic amines is 1. The third-order valence-corrected chi connectivity index (χ3v) is 5.11. The second kappa shape index (κ2) is 8.37. The summed E-state index contributed by atoms with van der Waals surface area (Å²) in [6.07, 6.45) is 1.51. The second-order valence-corrected chi connectivity index (χ2v) is 6.99. The van der Waals surface area contributed by atoms with Gasteiger partial charge in [-0.3, -0.25) is 9.78 Å². The van der Waals surface area contributed by atoms with E-state index in [1.165, 1.54) is 11.6 Å². The highest BCUT2D eigenvalue weighted by Crippen LogP contribution is 2.25. The van der Waals surface area contributed by atoms with Crippen LogP contribution in [0.15, 0.2) is 68.6 Å². The van der Waals surface area contributed by atoms with E-state index in [2.05, 4.69) is 41.2 Å². The molecule has 0 aliphatic rings. The van der Waals surface area contributed by atoms with Crippen LogP contribution in [0.25, 0.3) is 22.2 Å². The number of benzene rings is 2. The Morgan fingerprint density at radius 3 is 2.47 bits per heavy atom. The van der Waals surface area contributed by atoms with Gasteiger partial charge in [0.2, 0.25) is 5.71 Å². The van der Waals surface area contributed by atoms with E-state index < -0.39 is 5.63 Å². The molecule has 0 aliphatic carbocycles. The minimum absolute atomic E-state index is 0.0125. The van der Waals surface area contributed by atoms with E-state index >= 15 is 0 Å². The second-order valence-electron chi connectivity index (χ2n) is 6.99. The Morgan fingerprint density at radius 1 is 0.967 bits per heavy atom. The zero-order valence-corrected chi connectivity index (χ0v) is 16.9. The van der Waals surface area contributed by atoms with Crippen LogP contribution in [0.5, 0.6) is 6.01 Å². The Kier molecular flexibility index (Phi) is 5.48. The number of H-pyrrole nitrogens is 1. The number of hydrogen-bond acceptors (Lipinski definition) is 5. The van der Waals surface area contributed by atoms with Gasteiger partial charge in [0.15, 0.2) is 0 Å². The summed E-state index contributed by atoms with van der Waals surface area (Å²) in [4.78, 5) is 31.1. The molecule has 2 heterocycles. The third-order valence-electron chi connectivity index (χ3n) is 5.11. The number of nitrogens with zero attached hydrogens (tertiary/aromatic N) is 1. The average molecular weight is 402 g/mol. The first-order valence-electron chi connectivity index (χ1n) is 9.96. The summed E-state index contributed by atoms with van der Waals surface area (Å²) in [5.74, 6) is 0. The summed E-state index contributed by atoms with van der Waals surface area (Å²) in [6, 6.07) is 17.7. The van der Waals surface area contributed by atoms with Crippen molar-refractivity contribution in [2.24, 2.45) is 0 Å². The standard InChI is InChI=1S/C24H22N2O4/c1-3-15-9-11-17(12-10-15)19-8-6-5-7-18(19)14-29-24-25-22(28)21-16(4-2)13-20(27)30-23(21)26-24/h5-13H,3-4,14H2,1-2H3,(H,25,26,28). The number of hydrogen-bond donors (Lipinski definition) is 1. The van der Waals surface area contributed by atoms with Gasteiger partial charge in [0.05, 0.1) is 0 Å². The summed E-state index contributed by atoms with van der Waals surface area (Å²) < 4.78 is 10.9. The van der Waals surface area contributed by atoms with E-state index in [1.807, 2.05) is 31.2 Å². The van der Waals surface area contributed by atoms with E-state index in [1.54, 1.807) is 0 Å². The minimum atomic E-state index is -0.538. The van der Waals surface area contributed by atoms with Crippen molar-refractivity contribution in [3.05, 3.63) is 92.1 Å². The largest absolute Gasteiger partial charge is 0.460 e. The molecule has 0 unspecified atom stereocenters. The zero-order chi connectivity index (χ0) is 21.1. The first-order chi connectivity index (χ1) is 14.6. The fourth-order valence-corrected chi connectivity index (χ4v) is 3.47. The van der Waals surface area contributed by atoms with Gasteiger partial charge in [-0.15, -0.1) is 0 Å². The first-order valence-corrected chi connectivity index (χ1v) is 9.96. The van der Waals surface area contributed by atoms with Gasteiger partial charge >= 0.3 is 5.63 Å². The maximum Gasteiger partial charge on any atom is 0.337 e. The number of fused-ring (bicyclic) bond motifs is 1. The topological polar surface area (TPSA) is 85.2 Å². The van der Waals surface area contributed by atoms with Gasteiger partial charge in [0, 0.05) is 6.07 Å². The SMILES string of the molecule is CCc1ccc(-c2ccccc2COc2nc3oc(=O)cc(CC)c3c(=O)[nH]2)cc1. The highest BCUT2D eigenvalue weighted by molar-refractivity contribution is 5.75. The normalized spacial score (nSPS) is 11.0. The van der Waals surface area contributed by atoms with Crippen LogP contribution in [-0.2, 0) is 19.4 Å². The molecule has 0 atom stereocenters. The Labute approximate surface area is 173 Å². The average Bonchev–Trinajstić information content (AvgIpc) is 2.77. The van der Waals surface area contributed by atoms with Crippen LogP contribution >= 0.6 is 0 Å². The number of aryl methyl sites for hydroxylation is 2. The minimum Gasteiger partial charge on any atom is -0.460 e. The molecule has 2 aromatic heterocycles. The van der Waals surface area contributed by atoms with Gasteiger partial charge in [-0.2, -0.15) is 4.98 Å². The summed E-state index contributed by atoms with van der Waals surface area (Å²) in [7, 11) is 0. The maximum atomic E-state index is 12.5. The van der Waals surface area contributed by atoms with Crippen LogP contribution < -0.4 is 15.9 Å². The van der Waals surface area contributed by atoms with E-state index in [4.69, 9.17) is 9.15 Å². The molecule has 152 valence electrons. The molecule has 4 aromatic rings. The lowest BCUT2D eigenvalue weighted by molar-refractivity contribution is 0.280. The predicted octanol–water partition coefficient (Wildman–Crippen LogP) is 4.25. The summed E-state index contributed by atoms with van der Waals surface area (Å²) >= 11 is 0. The Hall–Kier alpha value is -3.67. The quantitative estimate of drug-likeness (QED) is 0.521. The molecule has 0 aliphatic heterocycles. The van der Waals surface area contributed by atoms with Gasteiger partial charge in [0.1, 0.15) is 12.0 Å². The molecule has 0 spiro atoms. The molecule has 4 rings (SSSR count). The lowest BCUT2D eigenvalue weighted by Crippen LogP contribution is -2.15. The van der Waals surface area contributed by atoms with Crippen molar-refractivity contribution in [1.82, 2.24) is 9.97 Å². The molecule has 2 aromatic carbocycles. The smallest absolute Gasteiger partial charge is 0.337 e. The van der Waals surface area contributed by atoms with E-state index in [0.29, 0.717) is 12.0 Å². The van der Waals surface area contributed by atoms with Crippen molar-refractivity contribution < 1.29 is 9.15 Å². The Bertz CT molecular complexity index is 1300. The molecular formula is C24H22N2O4. The van der Waals surface area contributed by atoms with Crippen LogP contribution in [-0.4, -0.2) is 9.97 Å². The molecular weight excluding hydrogens is 380 g/mol. The summed E-state index contributed by atoms with van der Waals surface area (Å²) in [5, 5.41) is 0.279. The molecule has 0 bridgehead atoms. The predicted molar refractivity (Wildman–Crippen MR) is 116 cm³/mol. The number of aromatic nitrogens is 2. The molecule has 6 nitrogen and oxygen atoms in total. The Morgan fingerprint density at radius 2 is 1.73 bits per heavy atom. The number of rotatable bonds is 6. The molecule has 6 heteroatoms. The monoisotopic (exact) mass is 402 g/mol. The van der Waals surface area contributed by atoms with Gasteiger partial charge in [-0.25, -0.2) is 4.79 Å². The first kappa shape index (κ1) is 19.6. The van der Waals surface area contributed by atoms with Crippen LogP contribution in [0.2, 0.25) is 0 Å². The number of ether oxygens (including phenoxy) is 1. The van der Waals surface area contributed by atoms with Gasteiger partial charge in [0.25, 0.3) is 11.6 Å². The maximum absolute atomic E-state index is 12.5.